The summed E-state index contributed by atoms with van der Waals surface area (Å²) in [6.45, 7) is 2.01. The number of fused-ring (bicyclic) bond motifs is 1. The number of nitrogens with zero attached hydrogens (tertiary/aromatic N) is 3. The standard InChI is InChI=1S/C17H27N3O4S/c1-19(2)17(22)7-13-3-4-14-15(24-13)11-23-10-12(21)8-20(14)9-16-18-5-6-25-16/h5-6,12-15,21H,3-4,7-11H2,1-2H3/t12-,13+,14+,15-/m1/s1. The lowest BCUT2D eigenvalue weighted by Gasteiger charge is -2.44. The summed E-state index contributed by atoms with van der Waals surface area (Å²) in [6.07, 6.45) is 3.33. The van der Waals surface area contributed by atoms with Crippen molar-refractivity contribution in [3.8, 4) is 0 Å². The molecule has 0 bridgehead atoms. The molecule has 2 saturated heterocycles. The van der Waals surface area contributed by atoms with E-state index in [1.807, 2.05) is 5.38 Å². The molecular weight excluding hydrogens is 342 g/mol. The fourth-order valence-electron chi connectivity index (χ4n) is 3.51. The van der Waals surface area contributed by atoms with E-state index in [2.05, 4.69) is 9.88 Å². The van der Waals surface area contributed by atoms with Gasteiger partial charge in [0, 0.05) is 38.3 Å². The van der Waals surface area contributed by atoms with Crippen molar-refractivity contribution in [1.29, 1.82) is 0 Å². The zero-order valence-corrected chi connectivity index (χ0v) is 15.7. The van der Waals surface area contributed by atoms with Gasteiger partial charge in [-0.25, -0.2) is 4.98 Å². The first-order valence-electron chi connectivity index (χ1n) is 8.76. The number of aromatic nitrogens is 1. The van der Waals surface area contributed by atoms with E-state index in [9.17, 15) is 9.90 Å². The lowest BCUT2D eigenvalue weighted by molar-refractivity contribution is -0.160. The molecule has 0 unspecified atom stereocenters. The molecule has 2 fully saturated rings. The van der Waals surface area contributed by atoms with Gasteiger partial charge < -0.3 is 19.5 Å². The maximum absolute atomic E-state index is 12.0. The molecule has 0 radical (unpaired) electrons. The van der Waals surface area contributed by atoms with Crippen molar-refractivity contribution in [2.75, 3.05) is 33.9 Å². The second kappa shape index (κ2) is 8.55. The molecular formula is C17H27N3O4S. The van der Waals surface area contributed by atoms with E-state index in [0.717, 1.165) is 17.8 Å². The highest BCUT2D eigenvalue weighted by atomic mass is 32.1. The lowest BCUT2D eigenvalue weighted by atomic mass is 9.94. The number of amides is 1. The minimum atomic E-state index is -0.506. The molecule has 4 atom stereocenters. The molecule has 1 aromatic heterocycles. The maximum atomic E-state index is 12.0. The van der Waals surface area contributed by atoms with Crippen LogP contribution in [0.3, 0.4) is 0 Å². The van der Waals surface area contributed by atoms with Crippen LogP contribution < -0.4 is 0 Å². The Morgan fingerprint density at radius 2 is 2.28 bits per heavy atom. The summed E-state index contributed by atoms with van der Waals surface area (Å²) in [5.74, 6) is 0.0882. The van der Waals surface area contributed by atoms with Gasteiger partial charge in [0.2, 0.25) is 5.91 Å². The van der Waals surface area contributed by atoms with Crippen molar-refractivity contribution < 1.29 is 19.4 Å². The van der Waals surface area contributed by atoms with E-state index in [0.29, 0.717) is 32.7 Å². The van der Waals surface area contributed by atoms with Gasteiger partial charge in [-0.3, -0.25) is 9.69 Å². The maximum Gasteiger partial charge on any atom is 0.224 e. The molecule has 1 aromatic rings. The Labute approximate surface area is 152 Å². The van der Waals surface area contributed by atoms with Crippen LogP contribution in [0, 0.1) is 0 Å². The predicted molar refractivity (Wildman–Crippen MR) is 94.3 cm³/mol. The Morgan fingerprint density at radius 1 is 1.44 bits per heavy atom. The van der Waals surface area contributed by atoms with E-state index in [1.54, 1.807) is 36.5 Å². The van der Waals surface area contributed by atoms with Crippen LogP contribution in [-0.2, 0) is 20.8 Å². The number of aliphatic hydroxyl groups is 1. The Hall–Kier alpha value is -1.06. The second-order valence-corrected chi connectivity index (χ2v) is 7.96. The molecule has 1 amide bonds. The quantitative estimate of drug-likeness (QED) is 0.843. The molecule has 8 heteroatoms. The Bertz CT molecular complexity index is 554. The third kappa shape index (κ3) is 4.98. The van der Waals surface area contributed by atoms with Crippen LogP contribution in [-0.4, -0.2) is 84.0 Å². The number of thiazole rings is 1. The smallest absolute Gasteiger partial charge is 0.224 e. The van der Waals surface area contributed by atoms with Gasteiger partial charge >= 0.3 is 0 Å². The van der Waals surface area contributed by atoms with E-state index in [1.165, 1.54) is 0 Å². The third-order valence-electron chi connectivity index (χ3n) is 4.81. The van der Waals surface area contributed by atoms with Gasteiger partial charge in [-0.05, 0) is 12.8 Å². The zero-order chi connectivity index (χ0) is 17.8. The van der Waals surface area contributed by atoms with Gasteiger partial charge in [0.25, 0.3) is 0 Å². The van der Waals surface area contributed by atoms with Crippen molar-refractivity contribution in [3.63, 3.8) is 0 Å². The number of carbonyl (C=O) groups is 1. The largest absolute Gasteiger partial charge is 0.389 e. The molecule has 3 rings (SSSR count). The Balaban J connectivity index is 1.67. The minimum Gasteiger partial charge on any atom is -0.389 e. The van der Waals surface area contributed by atoms with Crippen molar-refractivity contribution in [2.45, 2.75) is 50.2 Å². The summed E-state index contributed by atoms with van der Waals surface area (Å²) < 4.78 is 11.8. The fourth-order valence-corrected chi connectivity index (χ4v) is 4.15. The zero-order valence-electron chi connectivity index (χ0n) is 14.8. The fraction of sp³-hybridized carbons (Fsp3) is 0.765. The highest BCUT2D eigenvalue weighted by molar-refractivity contribution is 7.09. The first-order valence-corrected chi connectivity index (χ1v) is 9.64. The highest BCUT2D eigenvalue weighted by Crippen LogP contribution is 2.29. The van der Waals surface area contributed by atoms with Crippen molar-refractivity contribution in [3.05, 3.63) is 16.6 Å². The van der Waals surface area contributed by atoms with Gasteiger partial charge in [-0.15, -0.1) is 11.3 Å². The Kier molecular flexibility index (Phi) is 6.40. The Morgan fingerprint density at radius 3 is 3.00 bits per heavy atom. The van der Waals surface area contributed by atoms with Gasteiger partial charge in [0.1, 0.15) is 5.01 Å². The molecule has 140 valence electrons. The number of aliphatic hydroxyl groups excluding tert-OH is 1. The second-order valence-electron chi connectivity index (χ2n) is 6.98. The van der Waals surface area contributed by atoms with Crippen molar-refractivity contribution in [2.24, 2.45) is 0 Å². The molecule has 0 saturated carbocycles. The predicted octanol–water partition coefficient (Wildman–Crippen LogP) is 0.731. The number of carbonyl (C=O) groups excluding carboxylic acids is 1. The van der Waals surface area contributed by atoms with Gasteiger partial charge in [0.05, 0.1) is 44.5 Å². The molecule has 3 heterocycles. The molecule has 0 spiro atoms. The highest BCUT2D eigenvalue weighted by Gasteiger charge is 2.38. The summed E-state index contributed by atoms with van der Waals surface area (Å²) in [7, 11) is 3.54. The molecule has 0 aliphatic carbocycles. The van der Waals surface area contributed by atoms with Crippen LogP contribution in [0.1, 0.15) is 24.3 Å². The van der Waals surface area contributed by atoms with E-state index in [-0.39, 0.29) is 24.2 Å². The average molecular weight is 369 g/mol. The van der Waals surface area contributed by atoms with Crippen LogP contribution in [0.5, 0.6) is 0 Å². The van der Waals surface area contributed by atoms with Crippen molar-refractivity contribution in [1.82, 2.24) is 14.8 Å². The summed E-state index contributed by atoms with van der Waals surface area (Å²) in [6, 6.07) is 0.171. The average Bonchev–Trinajstić information content (AvgIpc) is 3.06. The minimum absolute atomic E-state index is 0.0641. The van der Waals surface area contributed by atoms with E-state index in [4.69, 9.17) is 9.47 Å². The normalized spacial score (nSPS) is 31.0. The number of rotatable bonds is 4. The monoisotopic (exact) mass is 369 g/mol. The first kappa shape index (κ1) is 18.7. The topological polar surface area (TPSA) is 75.1 Å². The first-order chi connectivity index (χ1) is 12.0. The third-order valence-corrected chi connectivity index (χ3v) is 5.57. The summed E-state index contributed by atoms with van der Waals surface area (Å²) >= 11 is 1.62. The van der Waals surface area contributed by atoms with Gasteiger partial charge in [-0.1, -0.05) is 0 Å². The number of hydrogen-bond donors (Lipinski definition) is 1. The molecule has 25 heavy (non-hydrogen) atoms. The van der Waals surface area contributed by atoms with Crippen molar-refractivity contribution >= 4 is 17.2 Å². The number of hydrogen-bond acceptors (Lipinski definition) is 7. The molecule has 2 aliphatic heterocycles. The number of ether oxygens (including phenoxy) is 2. The summed E-state index contributed by atoms with van der Waals surface area (Å²) in [5, 5.41) is 13.2. The van der Waals surface area contributed by atoms with Crippen LogP contribution in [0.2, 0.25) is 0 Å². The molecule has 2 aliphatic rings. The van der Waals surface area contributed by atoms with E-state index >= 15 is 0 Å². The van der Waals surface area contributed by atoms with Crippen LogP contribution in [0.4, 0.5) is 0 Å². The lowest BCUT2D eigenvalue weighted by Crippen LogP contribution is -2.55. The number of β-amino-alcohol motifs (C(OH)–C–C–N with tert-alkyl or cyclic N) is 1. The summed E-state index contributed by atoms with van der Waals surface area (Å²) in [5.41, 5.74) is 0. The molecule has 0 aromatic carbocycles. The van der Waals surface area contributed by atoms with Crippen LogP contribution in [0.25, 0.3) is 0 Å². The van der Waals surface area contributed by atoms with Crippen LogP contribution in [0.15, 0.2) is 11.6 Å². The molecule has 7 nitrogen and oxygen atoms in total. The molecule has 1 N–H and O–H groups in total. The van der Waals surface area contributed by atoms with Gasteiger partial charge in [-0.2, -0.15) is 0 Å². The van der Waals surface area contributed by atoms with Crippen LogP contribution >= 0.6 is 11.3 Å². The SMILES string of the molecule is CN(C)C(=O)C[C@@H]1CC[C@H]2[C@@H](COC[C@H](O)CN2Cc2nccs2)O1. The summed E-state index contributed by atoms with van der Waals surface area (Å²) in [4.78, 5) is 20.2. The van der Waals surface area contributed by atoms with Gasteiger partial charge in [0.15, 0.2) is 0 Å². The van der Waals surface area contributed by atoms with E-state index < -0.39 is 6.10 Å².